The van der Waals surface area contributed by atoms with Gasteiger partial charge in [-0.1, -0.05) is 29.8 Å². The molecule has 0 amide bonds. The largest absolute Gasteiger partial charge is 0.341 e. The fourth-order valence-electron chi connectivity index (χ4n) is 2.57. The fraction of sp³-hybridized carbons (Fsp3) is 0.375. The molecule has 2 heterocycles. The molecule has 0 spiro atoms. The molecule has 0 radical (unpaired) electrons. The molecule has 3 rings (SSSR count). The number of sulfonamides is 1. The van der Waals surface area contributed by atoms with Crippen LogP contribution in [-0.4, -0.2) is 31.5 Å². The smallest absolute Gasteiger partial charge is 0.237 e. The summed E-state index contributed by atoms with van der Waals surface area (Å²) in [4.78, 5) is 10.6. The third kappa shape index (κ3) is 4.19. The molecule has 1 aliphatic rings. The van der Waals surface area contributed by atoms with E-state index in [0.717, 1.165) is 37.1 Å². The maximum absolute atomic E-state index is 12.2. The van der Waals surface area contributed by atoms with Gasteiger partial charge < -0.3 is 4.90 Å². The highest BCUT2D eigenvalue weighted by atomic mass is 32.2. The van der Waals surface area contributed by atoms with Crippen molar-refractivity contribution >= 4 is 21.7 Å². The van der Waals surface area contributed by atoms with Gasteiger partial charge >= 0.3 is 0 Å². The molecule has 122 valence electrons. The van der Waals surface area contributed by atoms with Crippen molar-refractivity contribution in [2.75, 3.05) is 22.7 Å². The van der Waals surface area contributed by atoms with Crippen LogP contribution in [0.15, 0.2) is 36.7 Å². The van der Waals surface area contributed by atoms with Gasteiger partial charge in [0.1, 0.15) is 0 Å². The number of nitrogens with zero attached hydrogens (tertiary/aromatic N) is 3. The highest BCUT2D eigenvalue weighted by Gasteiger charge is 2.16. The first-order chi connectivity index (χ1) is 11.0. The Kier molecular flexibility index (Phi) is 4.47. The molecule has 1 fully saturated rings. The summed E-state index contributed by atoms with van der Waals surface area (Å²) in [5.74, 6) is 0.588. The molecule has 1 aliphatic heterocycles. The molecule has 0 aliphatic carbocycles. The second kappa shape index (κ2) is 6.54. The van der Waals surface area contributed by atoms with Gasteiger partial charge in [0.15, 0.2) is 0 Å². The van der Waals surface area contributed by atoms with Crippen molar-refractivity contribution in [2.24, 2.45) is 0 Å². The lowest BCUT2D eigenvalue weighted by molar-refractivity contribution is 0.600. The summed E-state index contributed by atoms with van der Waals surface area (Å²) >= 11 is 0. The van der Waals surface area contributed by atoms with Crippen molar-refractivity contribution in [1.29, 1.82) is 0 Å². The van der Waals surface area contributed by atoms with E-state index in [4.69, 9.17) is 0 Å². The van der Waals surface area contributed by atoms with E-state index in [2.05, 4.69) is 19.6 Å². The van der Waals surface area contributed by atoms with Crippen LogP contribution >= 0.6 is 0 Å². The van der Waals surface area contributed by atoms with Crippen molar-refractivity contribution in [2.45, 2.75) is 25.5 Å². The quantitative estimate of drug-likeness (QED) is 0.909. The summed E-state index contributed by atoms with van der Waals surface area (Å²) < 4.78 is 27.0. The van der Waals surface area contributed by atoms with Gasteiger partial charge in [0.2, 0.25) is 16.0 Å². The van der Waals surface area contributed by atoms with Crippen LogP contribution in [0, 0.1) is 6.92 Å². The van der Waals surface area contributed by atoms with Crippen molar-refractivity contribution in [3.05, 3.63) is 47.8 Å². The predicted molar refractivity (Wildman–Crippen MR) is 90.9 cm³/mol. The van der Waals surface area contributed by atoms with Crippen LogP contribution in [0.3, 0.4) is 0 Å². The fourth-order valence-corrected chi connectivity index (χ4v) is 3.74. The van der Waals surface area contributed by atoms with E-state index in [1.807, 2.05) is 31.2 Å². The zero-order chi connectivity index (χ0) is 16.3. The molecule has 0 saturated carbocycles. The minimum Gasteiger partial charge on any atom is -0.341 e. The van der Waals surface area contributed by atoms with Crippen molar-refractivity contribution in [3.63, 3.8) is 0 Å². The molecule has 0 bridgehead atoms. The second-order valence-corrected chi connectivity index (χ2v) is 7.53. The maximum Gasteiger partial charge on any atom is 0.237 e. The summed E-state index contributed by atoms with van der Waals surface area (Å²) in [7, 11) is -3.48. The minimum absolute atomic E-state index is 0.0683. The molecular weight excluding hydrogens is 312 g/mol. The summed E-state index contributed by atoms with van der Waals surface area (Å²) in [6.07, 6.45) is 5.34. The van der Waals surface area contributed by atoms with Gasteiger partial charge in [-0.3, -0.25) is 4.72 Å². The topological polar surface area (TPSA) is 75.2 Å². The normalized spacial score (nSPS) is 14.9. The Morgan fingerprint density at radius 1 is 1.09 bits per heavy atom. The van der Waals surface area contributed by atoms with Gasteiger partial charge in [-0.2, -0.15) is 0 Å². The molecule has 23 heavy (non-hydrogen) atoms. The lowest BCUT2D eigenvalue weighted by atomic mass is 10.2. The third-order valence-electron chi connectivity index (χ3n) is 3.78. The summed E-state index contributed by atoms with van der Waals surface area (Å²) in [6.45, 7) is 3.88. The van der Waals surface area contributed by atoms with Gasteiger partial charge in [-0.15, -0.1) is 0 Å². The van der Waals surface area contributed by atoms with Gasteiger partial charge in [0.25, 0.3) is 0 Å². The number of hydrogen-bond donors (Lipinski definition) is 1. The number of aryl methyl sites for hydroxylation is 1. The van der Waals surface area contributed by atoms with Crippen LogP contribution in [0.1, 0.15) is 24.0 Å². The zero-order valence-electron chi connectivity index (χ0n) is 13.1. The van der Waals surface area contributed by atoms with Crippen molar-refractivity contribution in [1.82, 2.24) is 9.97 Å². The molecule has 2 aromatic rings. The van der Waals surface area contributed by atoms with Crippen LogP contribution in [0.4, 0.5) is 11.6 Å². The predicted octanol–water partition coefficient (Wildman–Crippen LogP) is 2.33. The Balaban J connectivity index is 1.66. The SMILES string of the molecule is Cc1ccc(CS(=O)(=O)Nc2cnc(N3CCCC3)nc2)cc1. The van der Waals surface area contributed by atoms with E-state index in [9.17, 15) is 8.42 Å². The molecular formula is C16H20N4O2S. The maximum atomic E-state index is 12.2. The van der Waals surface area contributed by atoms with Crippen LogP contribution in [0.25, 0.3) is 0 Å². The Labute approximate surface area is 136 Å². The number of rotatable bonds is 5. The first-order valence-electron chi connectivity index (χ1n) is 7.65. The van der Waals surface area contributed by atoms with E-state index in [1.54, 1.807) is 0 Å². The standard InChI is InChI=1S/C16H20N4O2S/c1-13-4-6-14(7-5-13)12-23(21,22)19-15-10-17-16(18-11-15)20-8-2-3-9-20/h4-7,10-11,19H,2-3,8-9,12H2,1H3. The summed E-state index contributed by atoms with van der Waals surface area (Å²) in [5.41, 5.74) is 2.24. The van der Waals surface area contributed by atoms with Gasteiger partial charge in [-0.05, 0) is 25.3 Å². The minimum atomic E-state index is -3.48. The molecule has 6 nitrogen and oxygen atoms in total. The van der Waals surface area contributed by atoms with E-state index in [1.165, 1.54) is 12.4 Å². The second-order valence-electron chi connectivity index (χ2n) is 5.81. The van der Waals surface area contributed by atoms with Crippen molar-refractivity contribution in [3.8, 4) is 0 Å². The average Bonchev–Trinajstić information content (AvgIpc) is 3.04. The summed E-state index contributed by atoms with van der Waals surface area (Å²) in [5, 5.41) is 0. The van der Waals surface area contributed by atoms with Crippen LogP contribution < -0.4 is 9.62 Å². The highest BCUT2D eigenvalue weighted by Crippen LogP contribution is 2.17. The lowest BCUT2D eigenvalue weighted by Gasteiger charge is -2.15. The monoisotopic (exact) mass is 332 g/mol. The van der Waals surface area contributed by atoms with E-state index < -0.39 is 10.0 Å². The van der Waals surface area contributed by atoms with E-state index in [0.29, 0.717) is 11.6 Å². The average molecular weight is 332 g/mol. The Bertz CT molecular complexity index is 752. The number of benzene rings is 1. The Hall–Kier alpha value is -2.15. The van der Waals surface area contributed by atoms with Gasteiger partial charge in [0, 0.05) is 13.1 Å². The van der Waals surface area contributed by atoms with Gasteiger partial charge in [0.05, 0.1) is 23.8 Å². The van der Waals surface area contributed by atoms with E-state index in [-0.39, 0.29) is 5.75 Å². The van der Waals surface area contributed by atoms with Crippen LogP contribution in [-0.2, 0) is 15.8 Å². The third-order valence-corrected chi connectivity index (χ3v) is 5.04. The Morgan fingerprint density at radius 2 is 1.70 bits per heavy atom. The number of nitrogens with one attached hydrogen (secondary N) is 1. The molecule has 1 aromatic heterocycles. The molecule has 1 N–H and O–H groups in total. The van der Waals surface area contributed by atoms with Crippen molar-refractivity contribution < 1.29 is 8.42 Å². The molecule has 1 saturated heterocycles. The van der Waals surface area contributed by atoms with Crippen LogP contribution in [0.5, 0.6) is 0 Å². The highest BCUT2D eigenvalue weighted by molar-refractivity contribution is 7.91. The Morgan fingerprint density at radius 3 is 2.30 bits per heavy atom. The first kappa shape index (κ1) is 15.7. The zero-order valence-corrected chi connectivity index (χ0v) is 13.9. The summed E-state index contributed by atoms with van der Waals surface area (Å²) in [6, 6.07) is 7.45. The molecule has 0 unspecified atom stereocenters. The van der Waals surface area contributed by atoms with E-state index >= 15 is 0 Å². The lowest BCUT2D eigenvalue weighted by Crippen LogP contribution is -2.21. The number of anilines is 2. The van der Waals surface area contributed by atoms with Crippen LogP contribution in [0.2, 0.25) is 0 Å². The van der Waals surface area contributed by atoms with Gasteiger partial charge in [-0.25, -0.2) is 18.4 Å². The number of hydrogen-bond acceptors (Lipinski definition) is 5. The molecule has 1 aromatic carbocycles. The molecule has 7 heteroatoms. The molecule has 0 atom stereocenters. The number of aromatic nitrogens is 2. The first-order valence-corrected chi connectivity index (χ1v) is 9.30.